The smallest absolute Gasteiger partial charge is 0.331 e. The third kappa shape index (κ3) is 3.52. The number of hydrogen-bond acceptors (Lipinski definition) is 4. The summed E-state index contributed by atoms with van der Waals surface area (Å²) >= 11 is 0. The van der Waals surface area contributed by atoms with E-state index in [0.717, 1.165) is 11.1 Å². The van der Waals surface area contributed by atoms with Gasteiger partial charge in [0.1, 0.15) is 5.75 Å². The van der Waals surface area contributed by atoms with Gasteiger partial charge >= 0.3 is 5.97 Å². The predicted molar refractivity (Wildman–Crippen MR) is 75.4 cm³/mol. The van der Waals surface area contributed by atoms with Crippen molar-refractivity contribution in [2.24, 2.45) is 0 Å². The summed E-state index contributed by atoms with van der Waals surface area (Å²) in [7, 11) is 0. The van der Waals surface area contributed by atoms with Crippen LogP contribution < -0.4 is 10.1 Å². The Hall–Kier alpha value is -2.08. The van der Waals surface area contributed by atoms with Crippen molar-refractivity contribution in [3.05, 3.63) is 29.3 Å². The zero-order valence-corrected chi connectivity index (χ0v) is 12.1. The van der Waals surface area contributed by atoms with Gasteiger partial charge in [-0.3, -0.25) is 4.79 Å². The average Bonchev–Trinajstić information content (AvgIpc) is 2.87. The third-order valence-electron chi connectivity index (χ3n) is 3.50. The molecule has 1 saturated heterocycles. The number of ether oxygens (including phenoxy) is 2. The molecule has 114 valence electrons. The van der Waals surface area contributed by atoms with E-state index in [-0.39, 0.29) is 19.6 Å². The Labute approximate surface area is 123 Å². The van der Waals surface area contributed by atoms with Crippen molar-refractivity contribution >= 4 is 11.9 Å². The van der Waals surface area contributed by atoms with Crippen LogP contribution in [0.1, 0.15) is 17.5 Å². The number of benzene rings is 1. The maximum absolute atomic E-state index is 11.9. The Bertz CT molecular complexity index is 549. The molecule has 1 amide bonds. The number of carbonyl (C=O) groups excluding carboxylic acids is 1. The summed E-state index contributed by atoms with van der Waals surface area (Å²) in [5, 5.41) is 11.7. The van der Waals surface area contributed by atoms with Crippen molar-refractivity contribution < 1.29 is 24.2 Å². The topological polar surface area (TPSA) is 84.9 Å². The van der Waals surface area contributed by atoms with Crippen molar-refractivity contribution in [2.45, 2.75) is 25.8 Å². The first-order valence-electron chi connectivity index (χ1n) is 6.75. The van der Waals surface area contributed by atoms with Crippen LogP contribution >= 0.6 is 0 Å². The monoisotopic (exact) mass is 293 g/mol. The van der Waals surface area contributed by atoms with Crippen LogP contribution in [0.5, 0.6) is 5.75 Å². The molecule has 1 aliphatic rings. The molecule has 1 aliphatic heterocycles. The van der Waals surface area contributed by atoms with Gasteiger partial charge in [-0.25, -0.2) is 4.79 Å². The Kier molecular flexibility index (Phi) is 4.47. The fourth-order valence-electron chi connectivity index (χ4n) is 2.29. The highest BCUT2D eigenvalue weighted by atomic mass is 16.5. The predicted octanol–water partition coefficient (Wildman–Crippen LogP) is 1.04. The van der Waals surface area contributed by atoms with E-state index in [0.29, 0.717) is 12.4 Å². The van der Waals surface area contributed by atoms with Crippen molar-refractivity contribution in [1.29, 1.82) is 0 Å². The minimum atomic E-state index is -1.33. The molecule has 1 atom stereocenters. The van der Waals surface area contributed by atoms with Crippen LogP contribution in [0.2, 0.25) is 0 Å². The molecule has 6 nitrogen and oxygen atoms in total. The zero-order chi connectivity index (χ0) is 15.5. The van der Waals surface area contributed by atoms with Crippen LogP contribution in [-0.4, -0.2) is 42.3 Å². The standard InChI is InChI=1S/C15H19NO5/c1-10-3-4-12(11(2)7-10)21-8-13(17)16-15(14(18)19)5-6-20-9-15/h3-4,7H,5-6,8-9H2,1-2H3,(H,16,17)(H,18,19). The van der Waals surface area contributed by atoms with Gasteiger partial charge in [-0.05, 0) is 25.5 Å². The lowest BCUT2D eigenvalue weighted by atomic mass is 9.99. The molecule has 2 N–H and O–H groups in total. The second-order valence-corrected chi connectivity index (χ2v) is 5.30. The second-order valence-electron chi connectivity index (χ2n) is 5.30. The normalized spacial score (nSPS) is 21.0. The van der Waals surface area contributed by atoms with E-state index < -0.39 is 17.4 Å². The van der Waals surface area contributed by atoms with Gasteiger partial charge < -0.3 is 19.9 Å². The van der Waals surface area contributed by atoms with E-state index in [1.807, 2.05) is 26.0 Å². The quantitative estimate of drug-likeness (QED) is 0.847. The Morgan fingerprint density at radius 2 is 2.19 bits per heavy atom. The molecule has 0 bridgehead atoms. The summed E-state index contributed by atoms with van der Waals surface area (Å²) in [6, 6.07) is 5.64. The number of hydrogen-bond donors (Lipinski definition) is 2. The van der Waals surface area contributed by atoms with Gasteiger partial charge in [0.15, 0.2) is 12.1 Å². The summed E-state index contributed by atoms with van der Waals surface area (Å²) in [5.74, 6) is -0.939. The molecule has 0 radical (unpaired) electrons. The molecule has 2 rings (SSSR count). The fourth-order valence-corrected chi connectivity index (χ4v) is 2.29. The van der Waals surface area contributed by atoms with E-state index in [2.05, 4.69) is 5.32 Å². The number of aliphatic carboxylic acids is 1. The molecule has 21 heavy (non-hydrogen) atoms. The van der Waals surface area contributed by atoms with Crippen LogP contribution in [0.3, 0.4) is 0 Å². The highest BCUT2D eigenvalue weighted by Crippen LogP contribution is 2.20. The molecule has 1 aromatic rings. The molecule has 1 aromatic carbocycles. The zero-order valence-electron chi connectivity index (χ0n) is 12.1. The van der Waals surface area contributed by atoms with Crippen molar-refractivity contribution in [2.75, 3.05) is 19.8 Å². The fraction of sp³-hybridized carbons (Fsp3) is 0.467. The summed E-state index contributed by atoms with van der Waals surface area (Å²) in [5.41, 5.74) is 0.708. The molecule has 0 spiro atoms. The number of carboxylic acid groups (broad SMARTS) is 1. The van der Waals surface area contributed by atoms with E-state index >= 15 is 0 Å². The van der Waals surface area contributed by atoms with E-state index in [9.17, 15) is 14.7 Å². The maximum Gasteiger partial charge on any atom is 0.331 e. The number of carboxylic acids is 1. The Morgan fingerprint density at radius 3 is 2.76 bits per heavy atom. The second kappa shape index (κ2) is 6.13. The van der Waals surface area contributed by atoms with Crippen LogP contribution in [-0.2, 0) is 14.3 Å². The lowest BCUT2D eigenvalue weighted by Crippen LogP contribution is -2.56. The number of nitrogens with one attached hydrogen (secondary N) is 1. The summed E-state index contributed by atoms with van der Waals surface area (Å²) in [6.07, 6.45) is 0.262. The van der Waals surface area contributed by atoms with Gasteiger partial charge in [-0.15, -0.1) is 0 Å². The molecular weight excluding hydrogens is 274 g/mol. The molecule has 1 heterocycles. The molecule has 1 fully saturated rings. The first kappa shape index (κ1) is 15.3. The first-order valence-corrected chi connectivity index (χ1v) is 6.75. The number of rotatable bonds is 5. The Morgan fingerprint density at radius 1 is 1.43 bits per heavy atom. The lowest BCUT2D eigenvalue weighted by molar-refractivity contribution is -0.148. The summed E-state index contributed by atoms with van der Waals surface area (Å²) in [6.45, 7) is 3.95. The number of amides is 1. The molecule has 6 heteroatoms. The molecule has 0 aliphatic carbocycles. The highest BCUT2D eigenvalue weighted by molar-refractivity contribution is 5.88. The summed E-state index contributed by atoms with van der Waals surface area (Å²) < 4.78 is 10.5. The van der Waals surface area contributed by atoms with E-state index in [1.165, 1.54) is 0 Å². The molecular formula is C15H19NO5. The van der Waals surface area contributed by atoms with E-state index in [4.69, 9.17) is 9.47 Å². The van der Waals surface area contributed by atoms with Crippen LogP contribution in [0.25, 0.3) is 0 Å². The van der Waals surface area contributed by atoms with E-state index in [1.54, 1.807) is 6.07 Å². The van der Waals surface area contributed by atoms with Crippen LogP contribution in [0.15, 0.2) is 18.2 Å². The highest BCUT2D eigenvalue weighted by Gasteiger charge is 2.43. The van der Waals surface area contributed by atoms with Gasteiger partial charge in [-0.1, -0.05) is 17.7 Å². The summed E-state index contributed by atoms with van der Waals surface area (Å²) in [4.78, 5) is 23.2. The SMILES string of the molecule is Cc1ccc(OCC(=O)NC2(C(=O)O)CCOC2)c(C)c1. The third-order valence-corrected chi connectivity index (χ3v) is 3.50. The van der Waals surface area contributed by atoms with Gasteiger partial charge in [0.2, 0.25) is 0 Å². The first-order chi connectivity index (χ1) is 9.93. The maximum atomic E-state index is 11.9. The number of aryl methyl sites for hydroxylation is 2. The van der Waals surface area contributed by atoms with Gasteiger partial charge in [0, 0.05) is 13.0 Å². The minimum Gasteiger partial charge on any atom is -0.484 e. The lowest BCUT2D eigenvalue weighted by Gasteiger charge is -2.23. The number of carbonyl (C=O) groups is 2. The molecule has 0 aromatic heterocycles. The van der Waals surface area contributed by atoms with Crippen LogP contribution in [0, 0.1) is 13.8 Å². The Balaban J connectivity index is 1.94. The molecule has 1 unspecified atom stereocenters. The van der Waals surface area contributed by atoms with Crippen molar-refractivity contribution in [1.82, 2.24) is 5.32 Å². The van der Waals surface area contributed by atoms with Crippen LogP contribution in [0.4, 0.5) is 0 Å². The van der Waals surface area contributed by atoms with Crippen molar-refractivity contribution in [3.63, 3.8) is 0 Å². The molecule has 0 saturated carbocycles. The van der Waals surface area contributed by atoms with Gasteiger partial charge in [0.25, 0.3) is 5.91 Å². The van der Waals surface area contributed by atoms with Gasteiger partial charge in [-0.2, -0.15) is 0 Å². The largest absolute Gasteiger partial charge is 0.484 e. The average molecular weight is 293 g/mol. The van der Waals surface area contributed by atoms with Crippen molar-refractivity contribution in [3.8, 4) is 5.75 Å². The van der Waals surface area contributed by atoms with Gasteiger partial charge in [0.05, 0.1) is 6.61 Å². The minimum absolute atomic E-state index is 0.0162.